The van der Waals surface area contributed by atoms with E-state index in [1.165, 1.54) is 0 Å². The smallest absolute Gasteiger partial charge is 0.138 e. The molecule has 1 saturated carbocycles. The van der Waals surface area contributed by atoms with Gasteiger partial charge in [0.2, 0.25) is 0 Å². The van der Waals surface area contributed by atoms with E-state index in [2.05, 4.69) is 4.98 Å². The third kappa shape index (κ3) is 2.58. The van der Waals surface area contributed by atoms with Crippen LogP contribution in [0.5, 0.6) is 5.75 Å². The topological polar surface area (TPSA) is 51.6 Å². The van der Waals surface area contributed by atoms with Crippen molar-refractivity contribution < 1.29 is 14.6 Å². The van der Waals surface area contributed by atoms with Crippen LogP contribution in [0.2, 0.25) is 0 Å². The third-order valence-corrected chi connectivity index (χ3v) is 3.09. The number of nitrogens with zero attached hydrogens (tertiary/aromatic N) is 1. The summed E-state index contributed by atoms with van der Waals surface area (Å²) in [6, 6.07) is 1.86. The fourth-order valence-corrected chi connectivity index (χ4v) is 2.11. The Morgan fingerprint density at radius 3 is 2.71 bits per heavy atom. The van der Waals surface area contributed by atoms with Crippen LogP contribution in [-0.2, 0) is 10.3 Å². The number of ether oxygens (including phenoxy) is 2. The van der Waals surface area contributed by atoms with E-state index in [1.54, 1.807) is 19.5 Å². The Labute approximate surface area is 102 Å². The van der Waals surface area contributed by atoms with Crippen molar-refractivity contribution in [2.24, 2.45) is 0 Å². The van der Waals surface area contributed by atoms with Gasteiger partial charge in [0.25, 0.3) is 0 Å². The first-order valence-electron chi connectivity index (χ1n) is 5.91. The second-order valence-corrected chi connectivity index (χ2v) is 4.87. The normalized spacial score (nSPS) is 27.9. The van der Waals surface area contributed by atoms with Gasteiger partial charge in [-0.05, 0) is 19.9 Å². The molecule has 1 N–H and O–H groups in total. The first-order valence-corrected chi connectivity index (χ1v) is 5.91. The van der Waals surface area contributed by atoms with Crippen LogP contribution in [0.3, 0.4) is 0 Å². The summed E-state index contributed by atoms with van der Waals surface area (Å²) in [5.74, 6) is 0.701. The zero-order valence-electron chi connectivity index (χ0n) is 10.5. The SMILES string of the molecule is COC1CC(O)(c2cncc(OC(C)C)c2)C1. The van der Waals surface area contributed by atoms with Gasteiger partial charge < -0.3 is 14.6 Å². The monoisotopic (exact) mass is 237 g/mol. The Morgan fingerprint density at radius 2 is 2.12 bits per heavy atom. The molecule has 0 atom stereocenters. The molecule has 1 aliphatic rings. The summed E-state index contributed by atoms with van der Waals surface area (Å²) < 4.78 is 10.8. The van der Waals surface area contributed by atoms with Gasteiger partial charge in [-0.1, -0.05) is 0 Å². The van der Waals surface area contributed by atoms with Gasteiger partial charge in [0, 0.05) is 31.7 Å². The maximum atomic E-state index is 10.4. The molecule has 0 radical (unpaired) electrons. The Kier molecular flexibility index (Phi) is 3.35. The molecular weight excluding hydrogens is 218 g/mol. The van der Waals surface area contributed by atoms with Crippen LogP contribution in [0, 0.1) is 0 Å². The molecule has 1 fully saturated rings. The van der Waals surface area contributed by atoms with Crippen LogP contribution in [0.25, 0.3) is 0 Å². The molecule has 0 aliphatic heterocycles. The van der Waals surface area contributed by atoms with Crippen LogP contribution in [-0.4, -0.2) is 29.4 Å². The van der Waals surface area contributed by atoms with E-state index in [0.29, 0.717) is 18.6 Å². The van der Waals surface area contributed by atoms with Crippen LogP contribution < -0.4 is 4.74 Å². The number of pyridine rings is 1. The first-order chi connectivity index (χ1) is 8.03. The Morgan fingerprint density at radius 1 is 1.41 bits per heavy atom. The molecule has 1 aromatic rings. The molecule has 1 heterocycles. The third-order valence-electron chi connectivity index (χ3n) is 3.09. The summed E-state index contributed by atoms with van der Waals surface area (Å²) in [7, 11) is 1.67. The molecule has 1 aliphatic carbocycles. The average Bonchev–Trinajstić information content (AvgIpc) is 2.24. The van der Waals surface area contributed by atoms with Crippen LogP contribution in [0.15, 0.2) is 18.5 Å². The number of hydrogen-bond donors (Lipinski definition) is 1. The zero-order chi connectivity index (χ0) is 12.5. The predicted molar refractivity (Wildman–Crippen MR) is 63.9 cm³/mol. The summed E-state index contributed by atoms with van der Waals surface area (Å²) >= 11 is 0. The van der Waals surface area contributed by atoms with Crippen LogP contribution in [0.4, 0.5) is 0 Å². The molecule has 4 heteroatoms. The molecule has 17 heavy (non-hydrogen) atoms. The lowest BCUT2D eigenvalue weighted by molar-refractivity contribution is -0.133. The highest BCUT2D eigenvalue weighted by Crippen LogP contribution is 2.43. The maximum absolute atomic E-state index is 10.4. The van der Waals surface area contributed by atoms with Gasteiger partial charge in [-0.25, -0.2) is 0 Å². The summed E-state index contributed by atoms with van der Waals surface area (Å²) in [6.45, 7) is 3.93. The van der Waals surface area contributed by atoms with Crippen molar-refractivity contribution >= 4 is 0 Å². The van der Waals surface area contributed by atoms with Gasteiger partial charge in [0.05, 0.1) is 24.0 Å². The minimum atomic E-state index is -0.802. The van der Waals surface area contributed by atoms with Gasteiger partial charge in [-0.2, -0.15) is 0 Å². The number of hydrogen-bond acceptors (Lipinski definition) is 4. The highest BCUT2D eigenvalue weighted by Gasteiger charge is 2.44. The van der Waals surface area contributed by atoms with E-state index in [-0.39, 0.29) is 12.2 Å². The quantitative estimate of drug-likeness (QED) is 0.868. The highest BCUT2D eigenvalue weighted by molar-refractivity contribution is 5.30. The Bertz CT molecular complexity index is 386. The number of rotatable bonds is 4. The van der Waals surface area contributed by atoms with Crippen molar-refractivity contribution in [1.29, 1.82) is 0 Å². The molecule has 94 valence electrons. The van der Waals surface area contributed by atoms with Gasteiger partial charge in [-0.3, -0.25) is 4.98 Å². The largest absolute Gasteiger partial charge is 0.489 e. The van der Waals surface area contributed by atoms with Crippen molar-refractivity contribution in [2.75, 3.05) is 7.11 Å². The van der Waals surface area contributed by atoms with Gasteiger partial charge >= 0.3 is 0 Å². The summed E-state index contributed by atoms with van der Waals surface area (Å²) in [4.78, 5) is 4.11. The number of methoxy groups -OCH3 is 1. The standard InChI is InChI=1S/C13H19NO3/c1-9(2)17-11-4-10(7-14-8-11)13(15)5-12(6-13)16-3/h4,7-9,12,15H,5-6H2,1-3H3. The molecular formula is C13H19NO3. The molecule has 0 spiro atoms. The minimum Gasteiger partial charge on any atom is -0.489 e. The molecule has 0 saturated heterocycles. The van der Waals surface area contributed by atoms with Crippen molar-refractivity contribution in [1.82, 2.24) is 4.98 Å². The molecule has 1 aromatic heterocycles. The van der Waals surface area contributed by atoms with Crippen molar-refractivity contribution in [3.05, 3.63) is 24.0 Å². The summed E-state index contributed by atoms with van der Waals surface area (Å²) in [5, 5.41) is 10.4. The molecule has 0 unspecified atom stereocenters. The Balaban J connectivity index is 2.11. The van der Waals surface area contributed by atoms with Gasteiger partial charge in [0.15, 0.2) is 0 Å². The second-order valence-electron chi connectivity index (χ2n) is 4.87. The van der Waals surface area contributed by atoms with Gasteiger partial charge in [0.1, 0.15) is 5.75 Å². The molecule has 2 rings (SSSR count). The van der Waals surface area contributed by atoms with E-state index < -0.39 is 5.60 Å². The molecule has 4 nitrogen and oxygen atoms in total. The van der Waals surface area contributed by atoms with Crippen LogP contribution in [0.1, 0.15) is 32.3 Å². The Hall–Kier alpha value is -1.13. The fraction of sp³-hybridized carbons (Fsp3) is 0.615. The molecule has 0 bridgehead atoms. The van der Waals surface area contributed by atoms with E-state index >= 15 is 0 Å². The zero-order valence-corrected chi connectivity index (χ0v) is 10.5. The number of aromatic nitrogens is 1. The maximum Gasteiger partial charge on any atom is 0.138 e. The average molecular weight is 237 g/mol. The minimum absolute atomic E-state index is 0.106. The van der Waals surface area contributed by atoms with Gasteiger partial charge in [-0.15, -0.1) is 0 Å². The van der Waals surface area contributed by atoms with E-state index in [4.69, 9.17) is 9.47 Å². The lowest BCUT2D eigenvalue weighted by Gasteiger charge is -2.42. The van der Waals surface area contributed by atoms with Crippen LogP contribution >= 0.6 is 0 Å². The molecule has 0 aromatic carbocycles. The lowest BCUT2D eigenvalue weighted by atomic mass is 9.73. The van der Waals surface area contributed by atoms with Crippen molar-refractivity contribution in [3.63, 3.8) is 0 Å². The number of aliphatic hydroxyl groups is 1. The van der Waals surface area contributed by atoms with Crippen molar-refractivity contribution in [2.45, 2.75) is 44.5 Å². The first kappa shape index (κ1) is 12.3. The fourth-order valence-electron chi connectivity index (χ4n) is 2.11. The summed E-state index contributed by atoms with van der Waals surface area (Å²) in [6.07, 6.45) is 4.86. The predicted octanol–water partition coefficient (Wildman–Crippen LogP) is 1.87. The highest BCUT2D eigenvalue weighted by atomic mass is 16.5. The van der Waals surface area contributed by atoms with E-state index in [9.17, 15) is 5.11 Å². The van der Waals surface area contributed by atoms with E-state index in [0.717, 1.165) is 5.56 Å². The second kappa shape index (κ2) is 4.63. The summed E-state index contributed by atoms with van der Waals surface area (Å²) in [5.41, 5.74) is 0.00765. The lowest BCUT2D eigenvalue weighted by Crippen LogP contribution is -2.45. The van der Waals surface area contributed by atoms with Crippen molar-refractivity contribution in [3.8, 4) is 5.75 Å². The molecule has 0 amide bonds. The van der Waals surface area contributed by atoms with E-state index in [1.807, 2.05) is 19.9 Å².